The van der Waals surface area contributed by atoms with E-state index in [1.165, 1.54) is 7.11 Å². The summed E-state index contributed by atoms with van der Waals surface area (Å²) in [7, 11) is 1.35. The van der Waals surface area contributed by atoms with Gasteiger partial charge in [0, 0.05) is 0 Å². The standard InChI is InChI=1S/C11H8Cl2N2O2/c1-17-9(16)5-6-2-3-7-8(4-6)15-11(13)10(12)14-7/h2-4H,5H2,1H3. The first kappa shape index (κ1) is 12.1. The fraction of sp³-hybridized carbons (Fsp3) is 0.182. The molecule has 0 radical (unpaired) electrons. The Hall–Kier alpha value is -1.39. The lowest BCUT2D eigenvalue weighted by atomic mass is 10.1. The third kappa shape index (κ3) is 2.65. The van der Waals surface area contributed by atoms with Crippen molar-refractivity contribution in [2.24, 2.45) is 0 Å². The zero-order chi connectivity index (χ0) is 12.4. The first-order valence-electron chi connectivity index (χ1n) is 4.78. The maximum Gasteiger partial charge on any atom is 0.309 e. The number of halogens is 2. The SMILES string of the molecule is COC(=O)Cc1ccc2nc(Cl)c(Cl)nc2c1. The summed E-state index contributed by atoms with van der Waals surface area (Å²) in [5.74, 6) is -0.308. The highest BCUT2D eigenvalue weighted by molar-refractivity contribution is 6.40. The summed E-state index contributed by atoms with van der Waals surface area (Å²) in [5, 5.41) is 0.314. The number of hydrogen-bond donors (Lipinski definition) is 0. The zero-order valence-corrected chi connectivity index (χ0v) is 10.4. The molecule has 88 valence electrons. The Bertz CT molecular complexity index is 587. The summed E-state index contributed by atoms with van der Waals surface area (Å²) in [5.41, 5.74) is 2.02. The minimum Gasteiger partial charge on any atom is -0.469 e. The molecule has 0 aliphatic heterocycles. The maximum atomic E-state index is 11.1. The number of rotatable bonds is 2. The highest BCUT2D eigenvalue weighted by Gasteiger charge is 2.07. The predicted molar refractivity (Wildman–Crippen MR) is 65.3 cm³/mol. The molecule has 2 rings (SSSR count). The van der Waals surface area contributed by atoms with Crippen molar-refractivity contribution >= 4 is 40.2 Å². The molecule has 0 saturated carbocycles. The van der Waals surface area contributed by atoms with E-state index in [-0.39, 0.29) is 22.7 Å². The lowest BCUT2D eigenvalue weighted by molar-refractivity contribution is -0.139. The maximum absolute atomic E-state index is 11.1. The average molecular weight is 271 g/mol. The first-order valence-corrected chi connectivity index (χ1v) is 5.54. The number of aromatic nitrogens is 2. The molecule has 0 N–H and O–H groups in total. The fourth-order valence-electron chi connectivity index (χ4n) is 1.41. The Balaban J connectivity index is 2.43. The minimum atomic E-state index is -0.308. The summed E-state index contributed by atoms with van der Waals surface area (Å²) >= 11 is 11.5. The van der Waals surface area contributed by atoms with Gasteiger partial charge in [-0.2, -0.15) is 0 Å². The van der Waals surface area contributed by atoms with E-state index in [1.54, 1.807) is 18.2 Å². The van der Waals surface area contributed by atoms with Gasteiger partial charge in [0.1, 0.15) is 0 Å². The van der Waals surface area contributed by atoms with E-state index in [9.17, 15) is 4.79 Å². The van der Waals surface area contributed by atoms with Gasteiger partial charge in [0.05, 0.1) is 24.6 Å². The van der Waals surface area contributed by atoms with Gasteiger partial charge in [0.2, 0.25) is 0 Å². The highest BCUT2D eigenvalue weighted by Crippen LogP contribution is 2.21. The minimum absolute atomic E-state index is 0.148. The number of esters is 1. The fourth-order valence-corrected chi connectivity index (χ4v) is 1.67. The van der Waals surface area contributed by atoms with Gasteiger partial charge >= 0.3 is 5.97 Å². The smallest absolute Gasteiger partial charge is 0.309 e. The monoisotopic (exact) mass is 270 g/mol. The Labute approximate surface area is 108 Å². The number of fused-ring (bicyclic) bond motifs is 1. The molecule has 0 atom stereocenters. The molecule has 0 amide bonds. The molecule has 2 aromatic rings. The molecule has 0 saturated heterocycles. The van der Waals surface area contributed by atoms with Crippen molar-refractivity contribution < 1.29 is 9.53 Å². The number of benzene rings is 1. The summed E-state index contributed by atoms with van der Waals surface area (Å²) in [6, 6.07) is 5.25. The Morgan fingerprint density at radius 1 is 1.24 bits per heavy atom. The van der Waals surface area contributed by atoms with Gasteiger partial charge in [-0.3, -0.25) is 4.79 Å². The van der Waals surface area contributed by atoms with Gasteiger partial charge in [0.15, 0.2) is 10.3 Å². The summed E-state index contributed by atoms with van der Waals surface area (Å²) in [6.07, 6.45) is 0.189. The second-order valence-corrected chi connectivity index (χ2v) is 4.10. The van der Waals surface area contributed by atoms with Crippen LogP contribution < -0.4 is 0 Å². The van der Waals surface area contributed by atoms with Crippen LogP contribution in [0.2, 0.25) is 10.3 Å². The number of carbonyl (C=O) groups is 1. The van der Waals surface area contributed by atoms with Crippen molar-refractivity contribution in [3.63, 3.8) is 0 Å². The summed E-state index contributed by atoms with van der Waals surface area (Å²) in [6.45, 7) is 0. The van der Waals surface area contributed by atoms with Crippen molar-refractivity contribution in [2.45, 2.75) is 6.42 Å². The average Bonchev–Trinajstić information content (AvgIpc) is 2.31. The van der Waals surface area contributed by atoms with E-state index in [2.05, 4.69) is 14.7 Å². The van der Waals surface area contributed by atoms with E-state index in [0.717, 1.165) is 5.56 Å². The second kappa shape index (κ2) is 4.85. The molecule has 1 heterocycles. The van der Waals surface area contributed by atoms with E-state index >= 15 is 0 Å². The third-order valence-electron chi connectivity index (χ3n) is 2.22. The van der Waals surface area contributed by atoms with E-state index in [0.29, 0.717) is 11.0 Å². The Morgan fingerprint density at radius 3 is 2.53 bits per heavy atom. The second-order valence-electron chi connectivity index (χ2n) is 3.38. The van der Waals surface area contributed by atoms with Crippen LogP contribution in [0, 0.1) is 0 Å². The van der Waals surface area contributed by atoms with Crippen LogP contribution in [0.15, 0.2) is 18.2 Å². The third-order valence-corrected chi connectivity index (χ3v) is 2.85. The molecule has 6 heteroatoms. The molecule has 4 nitrogen and oxygen atoms in total. The lowest BCUT2D eigenvalue weighted by Gasteiger charge is -2.03. The van der Waals surface area contributed by atoms with Gasteiger partial charge in [-0.15, -0.1) is 0 Å². The largest absolute Gasteiger partial charge is 0.469 e. The van der Waals surface area contributed by atoms with Gasteiger partial charge in [-0.05, 0) is 17.7 Å². The normalized spacial score (nSPS) is 10.5. The lowest BCUT2D eigenvalue weighted by Crippen LogP contribution is -2.04. The number of carbonyl (C=O) groups excluding carboxylic acids is 1. The molecule has 0 bridgehead atoms. The molecule has 0 unspecified atom stereocenters. The highest BCUT2D eigenvalue weighted by atomic mass is 35.5. The molecular formula is C11H8Cl2N2O2. The van der Waals surface area contributed by atoms with E-state index in [1.807, 2.05) is 0 Å². The van der Waals surface area contributed by atoms with Crippen LogP contribution in [0.5, 0.6) is 0 Å². The number of ether oxygens (including phenoxy) is 1. The van der Waals surface area contributed by atoms with Crippen molar-refractivity contribution in [2.75, 3.05) is 7.11 Å². The molecule has 17 heavy (non-hydrogen) atoms. The number of nitrogens with zero attached hydrogens (tertiary/aromatic N) is 2. The van der Waals surface area contributed by atoms with Crippen molar-refractivity contribution in [1.29, 1.82) is 0 Å². The predicted octanol–water partition coefficient (Wildman–Crippen LogP) is 2.65. The van der Waals surface area contributed by atoms with Gasteiger partial charge in [-0.25, -0.2) is 9.97 Å². The number of methoxy groups -OCH3 is 1. The molecular weight excluding hydrogens is 263 g/mol. The van der Waals surface area contributed by atoms with Crippen LogP contribution in [0.4, 0.5) is 0 Å². The van der Waals surface area contributed by atoms with Crippen LogP contribution >= 0.6 is 23.2 Å². The van der Waals surface area contributed by atoms with Gasteiger partial charge in [0.25, 0.3) is 0 Å². The quantitative estimate of drug-likeness (QED) is 0.788. The molecule has 0 spiro atoms. The van der Waals surface area contributed by atoms with Crippen LogP contribution in [-0.4, -0.2) is 23.0 Å². The van der Waals surface area contributed by atoms with Crippen LogP contribution in [0.3, 0.4) is 0 Å². The Morgan fingerprint density at radius 2 is 1.88 bits per heavy atom. The van der Waals surface area contributed by atoms with Gasteiger partial charge < -0.3 is 4.74 Å². The molecule has 0 aliphatic rings. The number of hydrogen-bond acceptors (Lipinski definition) is 4. The first-order chi connectivity index (χ1) is 8.10. The Kier molecular flexibility index (Phi) is 3.45. The van der Waals surface area contributed by atoms with Crippen LogP contribution in [-0.2, 0) is 16.0 Å². The molecule has 1 aromatic carbocycles. The van der Waals surface area contributed by atoms with Crippen LogP contribution in [0.25, 0.3) is 11.0 Å². The summed E-state index contributed by atoms with van der Waals surface area (Å²) in [4.78, 5) is 19.3. The van der Waals surface area contributed by atoms with Crippen LogP contribution in [0.1, 0.15) is 5.56 Å². The van der Waals surface area contributed by atoms with Crippen molar-refractivity contribution in [1.82, 2.24) is 9.97 Å². The molecule has 1 aromatic heterocycles. The zero-order valence-electron chi connectivity index (χ0n) is 8.91. The van der Waals surface area contributed by atoms with Crippen molar-refractivity contribution in [3.05, 3.63) is 34.1 Å². The van der Waals surface area contributed by atoms with Crippen molar-refractivity contribution in [3.8, 4) is 0 Å². The summed E-state index contributed by atoms with van der Waals surface area (Å²) < 4.78 is 4.59. The van der Waals surface area contributed by atoms with Gasteiger partial charge in [-0.1, -0.05) is 29.3 Å². The van der Waals surface area contributed by atoms with E-state index < -0.39 is 0 Å². The molecule has 0 aliphatic carbocycles. The topological polar surface area (TPSA) is 52.1 Å². The van der Waals surface area contributed by atoms with E-state index in [4.69, 9.17) is 23.2 Å². The molecule has 0 fully saturated rings.